The quantitative estimate of drug-likeness (QED) is 0.686. The third-order valence-electron chi connectivity index (χ3n) is 1.28. The molecule has 0 heterocycles. The van der Waals surface area contributed by atoms with Crippen molar-refractivity contribution in [1.82, 2.24) is 4.47 Å². The van der Waals surface area contributed by atoms with Crippen LogP contribution in [0.4, 0.5) is 0 Å². The summed E-state index contributed by atoms with van der Waals surface area (Å²) in [6.07, 6.45) is 0. The van der Waals surface area contributed by atoms with Gasteiger partial charge in [-0.1, -0.05) is 20.8 Å². The average molecular weight is 222 g/mol. The van der Waals surface area contributed by atoms with Crippen molar-refractivity contribution in [2.75, 3.05) is 6.61 Å². The maximum Gasteiger partial charge on any atom is 0.264 e. The van der Waals surface area contributed by atoms with E-state index in [1.807, 2.05) is 20.8 Å². The van der Waals surface area contributed by atoms with Crippen molar-refractivity contribution in [3.8, 4) is 0 Å². The summed E-state index contributed by atoms with van der Waals surface area (Å²) in [4.78, 5) is 0. The summed E-state index contributed by atoms with van der Waals surface area (Å²) in [7, 11) is 0. The van der Waals surface area contributed by atoms with Gasteiger partial charge in [-0.05, 0) is 30.7 Å². The van der Waals surface area contributed by atoms with E-state index in [0.717, 1.165) is 0 Å². The highest BCUT2D eigenvalue weighted by Gasteiger charge is 2.28. The van der Waals surface area contributed by atoms with Crippen LogP contribution < -0.4 is 0 Å². The minimum Gasteiger partial charge on any atom is -0.276 e. The Morgan fingerprint density at radius 1 is 1.14 bits per heavy atom. The van der Waals surface area contributed by atoms with Crippen LogP contribution in [0.1, 0.15) is 41.5 Å². The normalized spacial score (nSPS) is 16.0. The molecule has 0 N–H and O–H groups in total. The van der Waals surface area contributed by atoms with Gasteiger partial charge in [0.05, 0.1) is 12.1 Å². The summed E-state index contributed by atoms with van der Waals surface area (Å²) < 4.78 is 16.8. The number of hydrogen-bond donors (Lipinski definition) is 0. The lowest BCUT2D eigenvalue weighted by Crippen LogP contribution is -2.40. The van der Waals surface area contributed by atoms with E-state index in [9.17, 15) is 9.42 Å². The summed E-state index contributed by atoms with van der Waals surface area (Å²) in [6, 6.07) is 0. The predicted molar refractivity (Wildman–Crippen MR) is 55.8 cm³/mol. The highest BCUT2D eigenvalue weighted by molar-refractivity contribution is 7.77. The van der Waals surface area contributed by atoms with E-state index in [4.69, 9.17) is 4.18 Å². The van der Waals surface area contributed by atoms with E-state index >= 15 is 0 Å². The van der Waals surface area contributed by atoms with Crippen LogP contribution in [0.5, 0.6) is 0 Å². The predicted octanol–water partition coefficient (Wildman–Crippen LogP) is 2.07. The molecule has 1 unspecified atom stereocenters. The molecule has 14 heavy (non-hydrogen) atoms. The number of nitrogens with zero attached hydrogens (tertiary/aromatic N) is 1. The average Bonchev–Trinajstić information content (AvgIpc) is 1.95. The topological polar surface area (TPSA) is 49.4 Å². The molecular weight excluding hydrogens is 202 g/mol. The van der Waals surface area contributed by atoms with Crippen LogP contribution in [0, 0.1) is 5.41 Å². The Morgan fingerprint density at radius 2 is 1.57 bits per heavy atom. The van der Waals surface area contributed by atoms with Crippen LogP contribution >= 0.6 is 0 Å². The van der Waals surface area contributed by atoms with Crippen molar-refractivity contribution in [2.24, 2.45) is 5.41 Å². The Hall–Kier alpha value is 0.0300. The molecule has 0 rings (SSSR count). The van der Waals surface area contributed by atoms with Gasteiger partial charge in [-0.25, -0.2) is 4.21 Å². The van der Waals surface area contributed by atoms with Gasteiger partial charge in [-0.2, -0.15) is 0 Å². The first-order chi connectivity index (χ1) is 6.04. The Morgan fingerprint density at radius 3 is 1.86 bits per heavy atom. The Balaban J connectivity index is 4.11. The van der Waals surface area contributed by atoms with Gasteiger partial charge in [-0.15, -0.1) is 5.21 Å². The monoisotopic (exact) mass is 222 g/mol. The fraction of sp³-hybridized carbons (Fsp3) is 1.00. The Labute approximate surface area is 89.0 Å². The van der Waals surface area contributed by atoms with Gasteiger partial charge in [0.1, 0.15) is 0 Å². The SMILES string of the molecule is CC(C)(C)COS(=O)N([O])C(C)(C)C. The molecule has 0 fully saturated rings. The first-order valence-corrected chi connectivity index (χ1v) is 5.60. The Kier molecular flexibility index (Phi) is 4.71. The van der Waals surface area contributed by atoms with Gasteiger partial charge in [0.25, 0.3) is 11.3 Å². The third kappa shape index (κ3) is 5.70. The third-order valence-corrected chi connectivity index (χ3v) is 2.41. The van der Waals surface area contributed by atoms with Crippen LogP contribution in [0.15, 0.2) is 0 Å². The van der Waals surface area contributed by atoms with Gasteiger partial charge in [0, 0.05) is 0 Å². The molecule has 0 bridgehead atoms. The van der Waals surface area contributed by atoms with E-state index in [-0.39, 0.29) is 5.41 Å². The first-order valence-electron chi connectivity index (χ1n) is 4.56. The molecule has 1 atom stereocenters. The lowest BCUT2D eigenvalue weighted by atomic mass is 9.99. The second-order valence-corrected chi connectivity index (χ2v) is 6.47. The first kappa shape index (κ1) is 14.0. The molecule has 0 saturated carbocycles. The van der Waals surface area contributed by atoms with E-state index < -0.39 is 16.8 Å². The zero-order valence-corrected chi connectivity index (χ0v) is 10.6. The lowest BCUT2D eigenvalue weighted by Gasteiger charge is -2.26. The molecule has 0 aromatic carbocycles. The van der Waals surface area contributed by atoms with Gasteiger partial charge >= 0.3 is 0 Å². The fourth-order valence-corrected chi connectivity index (χ4v) is 1.50. The van der Waals surface area contributed by atoms with Gasteiger partial charge in [-0.3, -0.25) is 4.18 Å². The van der Waals surface area contributed by atoms with Crippen LogP contribution in [0.2, 0.25) is 0 Å². The second-order valence-electron chi connectivity index (χ2n) is 5.47. The van der Waals surface area contributed by atoms with Crippen molar-refractivity contribution in [1.29, 1.82) is 0 Å². The lowest BCUT2D eigenvalue weighted by molar-refractivity contribution is -0.134. The number of hydrogen-bond acceptors (Lipinski definition) is 2. The molecule has 0 saturated heterocycles. The molecule has 1 radical (unpaired) electrons. The van der Waals surface area contributed by atoms with Crippen molar-refractivity contribution in [3.63, 3.8) is 0 Å². The highest BCUT2D eigenvalue weighted by Crippen LogP contribution is 2.18. The summed E-state index contributed by atoms with van der Waals surface area (Å²) in [5.41, 5.74) is -0.781. The summed E-state index contributed by atoms with van der Waals surface area (Å²) in [5.74, 6) is 0. The smallest absolute Gasteiger partial charge is 0.264 e. The Bertz CT molecular complexity index is 205. The maximum atomic E-state index is 11.4. The van der Waals surface area contributed by atoms with Crippen molar-refractivity contribution in [3.05, 3.63) is 0 Å². The van der Waals surface area contributed by atoms with Crippen LogP contribution in [0.25, 0.3) is 0 Å². The van der Waals surface area contributed by atoms with E-state index in [1.165, 1.54) is 0 Å². The van der Waals surface area contributed by atoms with E-state index in [1.54, 1.807) is 20.8 Å². The molecule has 0 aliphatic rings. The molecule has 0 aliphatic carbocycles. The van der Waals surface area contributed by atoms with Crippen molar-refractivity contribution < 1.29 is 13.6 Å². The molecule has 4 nitrogen and oxygen atoms in total. The minimum absolute atomic E-state index is 0.0889. The summed E-state index contributed by atoms with van der Waals surface area (Å²) in [5, 5.41) is 11.4. The summed E-state index contributed by atoms with van der Waals surface area (Å²) >= 11 is -1.90. The molecule has 85 valence electrons. The van der Waals surface area contributed by atoms with E-state index in [0.29, 0.717) is 11.1 Å². The largest absolute Gasteiger partial charge is 0.276 e. The van der Waals surface area contributed by atoms with Crippen molar-refractivity contribution >= 4 is 11.3 Å². The number of hydroxylamine groups is 1. The van der Waals surface area contributed by atoms with Crippen LogP contribution in [-0.2, 0) is 20.7 Å². The minimum atomic E-state index is -1.90. The van der Waals surface area contributed by atoms with Gasteiger partial charge < -0.3 is 0 Å². The standard InChI is InChI=1S/C9H20NO3S/c1-8(2,3)7-13-14(12)10(11)9(4,5)6/h7H2,1-6H3. The fourth-order valence-electron chi connectivity index (χ4n) is 0.499. The van der Waals surface area contributed by atoms with Crippen molar-refractivity contribution in [2.45, 2.75) is 47.1 Å². The molecule has 0 amide bonds. The molecule has 5 heteroatoms. The molecule has 0 aromatic heterocycles. The molecule has 0 spiro atoms. The molecule has 0 aromatic rings. The second kappa shape index (κ2) is 4.70. The van der Waals surface area contributed by atoms with Gasteiger partial charge in [0.15, 0.2) is 0 Å². The zero-order chi connectivity index (χ0) is 11.6. The highest BCUT2D eigenvalue weighted by atomic mass is 32.2. The van der Waals surface area contributed by atoms with E-state index in [2.05, 4.69) is 0 Å². The zero-order valence-electron chi connectivity index (χ0n) is 9.79. The van der Waals surface area contributed by atoms with Crippen LogP contribution in [-0.4, -0.2) is 20.8 Å². The summed E-state index contributed by atoms with van der Waals surface area (Å²) in [6.45, 7) is 11.2. The van der Waals surface area contributed by atoms with Gasteiger partial charge in [0.2, 0.25) is 0 Å². The van der Waals surface area contributed by atoms with Crippen LogP contribution in [0.3, 0.4) is 0 Å². The molecular formula is C9H20NO3S. The maximum absolute atomic E-state index is 11.4. The number of rotatable bonds is 3. The molecule has 0 aliphatic heterocycles.